The standard InChI is InChI=1S/C14H11BrF2N2O/c1-7-5-6-9(16)13(12(7)17)19-14(20)8-3-2-4-10(18)11(8)15/h2-6H,18H2,1H3,(H,19,20). The zero-order chi connectivity index (χ0) is 14.9. The predicted molar refractivity (Wildman–Crippen MR) is 77.6 cm³/mol. The van der Waals surface area contributed by atoms with Crippen LogP contribution < -0.4 is 11.1 Å². The molecule has 0 spiro atoms. The molecule has 0 aliphatic heterocycles. The van der Waals surface area contributed by atoms with Crippen molar-refractivity contribution in [2.24, 2.45) is 0 Å². The summed E-state index contributed by atoms with van der Waals surface area (Å²) in [5, 5.41) is 2.23. The van der Waals surface area contributed by atoms with E-state index in [1.807, 2.05) is 0 Å². The van der Waals surface area contributed by atoms with E-state index in [0.29, 0.717) is 10.2 Å². The first-order valence-electron chi connectivity index (χ1n) is 5.71. The van der Waals surface area contributed by atoms with E-state index in [9.17, 15) is 13.6 Å². The maximum atomic E-state index is 13.8. The number of amides is 1. The van der Waals surface area contributed by atoms with Crippen molar-refractivity contribution in [1.29, 1.82) is 0 Å². The van der Waals surface area contributed by atoms with Gasteiger partial charge in [0.2, 0.25) is 0 Å². The first kappa shape index (κ1) is 14.5. The summed E-state index contributed by atoms with van der Waals surface area (Å²) in [5.41, 5.74) is 6.00. The van der Waals surface area contributed by atoms with Crippen LogP contribution in [0.25, 0.3) is 0 Å². The van der Waals surface area contributed by atoms with Crippen molar-refractivity contribution in [3.8, 4) is 0 Å². The molecule has 2 aromatic carbocycles. The Balaban J connectivity index is 2.38. The molecule has 0 saturated carbocycles. The van der Waals surface area contributed by atoms with Gasteiger partial charge in [-0.15, -0.1) is 0 Å². The minimum absolute atomic E-state index is 0.199. The van der Waals surface area contributed by atoms with Crippen LogP contribution in [0.15, 0.2) is 34.8 Å². The number of hydrogen-bond donors (Lipinski definition) is 2. The van der Waals surface area contributed by atoms with Crippen LogP contribution in [0, 0.1) is 18.6 Å². The van der Waals surface area contributed by atoms with Crippen molar-refractivity contribution in [3.05, 3.63) is 57.6 Å². The van der Waals surface area contributed by atoms with E-state index in [4.69, 9.17) is 5.73 Å². The van der Waals surface area contributed by atoms with Crippen molar-refractivity contribution >= 4 is 33.2 Å². The smallest absolute Gasteiger partial charge is 0.257 e. The Morgan fingerprint density at radius 1 is 1.25 bits per heavy atom. The maximum absolute atomic E-state index is 13.8. The molecule has 0 heterocycles. The first-order valence-corrected chi connectivity index (χ1v) is 6.51. The van der Waals surface area contributed by atoms with Gasteiger partial charge in [0.1, 0.15) is 11.5 Å². The number of nitrogens with two attached hydrogens (primary N) is 1. The molecule has 0 aliphatic carbocycles. The summed E-state index contributed by atoms with van der Waals surface area (Å²) < 4.78 is 27.8. The lowest BCUT2D eigenvalue weighted by Gasteiger charge is -2.11. The number of rotatable bonds is 2. The number of halogens is 3. The number of nitrogen functional groups attached to an aromatic ring is 1. The third-order valence-corrected chi connectivity index (χ3v) is 3.68. The largest absolute Gasteiger partial charge is 0.398 e. The van der Waals surface area contributed by atoms with Crippen LogP contribution in [0.2, 0.25) is 0 Å². The molecular formula is C14H11BrF2N2O. The summed E-state index contributed by atoms with van der Waals surface area (Å²) >= 11 is 3.17. The Morgan fingerprint density at radius 3 is 2.65 bits per heavy atom. The molecule has 0 atom stereocenters. The fourth-order valence-electron chi connectivity index (χ4n) is 1.68. The highest BCUT2D eigenvalue weighted by molar-refractivity contribution is 9.10. The Kier molecular flexibility index (Phi) is 4.04. The first-order chi connectivity index (χ1) is 9.41. The summed E-state index contributed by atoms with van der Waals surface area (Å²) in [5.74, 6) is -2.27. The monoisotopic (exact) mass is 340 g/mol. The molecule has 0 aliphatic rings. The summed E-state index contributed by atoms with van der Waals surface area (Å²) in [6.07, 6.45) is 0. The number of carbonyl (C=O) groups is 1. The topological polar surface area (TPSA) is 55.1 Å². The van der Waals surface area contributed by atoms with Crippen molar-refractivity contribution in [3.63, 3.8) is 0 Å². The van der Waals surface area contributed by atoms with E-state index < -0.39 is 23.2 Å². The molecule has 2 aromatic rings. The highest BCUT2D eigenvalue weighted by Crippen LogP contribution is 2.26. The van der Waals surface area contributed by atoms with Gasteiger partial charge in [0, 0.05) is 5.69 Å². The minimum atomic E-state index is -0.832. The van der Waals surface area contributed by atoms with Gasteiger partial charge in [0.05, 0.1) is 10.0 Å². The molecule has 1 amide bonds. The second kappa shape index (κ2) is 5.58. The second-order valence-electron chi connectivity index (χ2n) is 4.22. The fourth-order valence-corrected chi connectivity index (χ4v) is 2.12. The van der Waals surface area contributed by atoms with Crippen molar-refractivity contribution in [1.82, 2.24) is 0 Å². The zero-order valence-electron chi connectivity index (χ0n) is 10.5. The van der Waals surface area contributed by atoms with Crippen LogP contribution >= 0.6 is 15.9 Å². The lowest BCUT2D eigenvalue weighted by Crippen LogP contribution is -2.15. The third-order valence-electron chi connectivity index (χ3n) is 2.80. The van der Waals surface area contributed by atoms with Crippen LogP contribution in [0.1, 0.15) is 15.9 Å². The van der Waals surface area contributed by atoms with Crippen molar-refractivity contribution < 1.29 is 13.6 Å². The highest BCUT2D eigenvalue weighted by Gasteiger charge is 2.17. The van der Waals surface area contributed by atoms with Crippen LogP contribution in [0.4, 0.5) is 20.2 Å². The fraction of sp³-hybridized carbons (Fsp3) is 0.0714. The molecule has 20 heavy (non-hydrogen) atoms. The quantitative estimate of drug-likeness (QED) is 0.815. The average Bonchev–Trinajstić information content (AvgIpc) is 2.42. The van der Waals surface area contributed by atoms with E-state index in [-0.39, 0.29) is 11.1 Å². The molecule has 0 bridgehead atoms. The Labute approximate surface area is 122 Å². The third kappa shape index (κ3) is 2.65. The molecule has 0 fully saturated rings. The normalized spacial score (nSPS) is 10.4. The number of benzene rings is 2. The average molecular weight is 341 g/mol. The summed E-state index contributed by atoms with van der Waals surface area (Å²) in [6.45, 7) is 1.49. The van der Waals surface area contributed by atoms with Crippen LogP contribution in [-0.4, -0.2) is 5.91 Å². The van der Waals surface area contributed by atoms with Gasteiger partial charge in [-0.3, -0.25) is 4.79 Å². The van der Waals surface area contributed by atoms with E-state index in [1.54, 1.807) is 12.1 Å². The van der Waals surface area contributed by atoms with Gasteiger partial charge in [0.25, 0.3) is 5.91 Å². The predicted octanol–water partition coefficient (Wildman–Crippen LogP) is 3.87. The van der Waals surface area contributed by atoms with E-state index in [2.05, 4.69) is 21.2 Å². The molecule has 0 saturated heterocycles. The van der Waals surface area contributed by atoms with Gasteiger partial charge in [-0.25, -0.2) is 8.78 Å². The van der Waals surface area contributed by atoms with Crippen molar-refractivity contribution in [2.45, 2.75) is 6.92 Å². The van der Waals surface area contributed by atoms with Gasteiger partial charge in [-0.1, -0.05) is 12.1 Å². The van der Waals surface area contributed by atoms with E-state index in [0.717, 1.165) is 6.07 Å². The number of nitrogens with one attached hydrogen (secondary N) is 1. The molecule has 3 nitrogen and oxygen atoms in total. The summed E-state index contributed by atoms with van der Waals surface area (Å²) in [6, 6.07) is 7.09. The van der Waals surface area contributed by atoms with Gasteiger partial charge in [-0.05, 0) is 46.6 Å². The van der Waals surface area contributed by atoms with Crippen LogP contribution in [-0.2, 0) is 0 Å². The molecule has 6 heteroatoms. The molecule has 2 rings (SSSR count). The molecular weight excluding hydrogens is 330 g/mol. The lowest BCUT2D eigenvalue weighted by molar-refractivity contribution is 0.102. The van der Waals surface area contributed by atoms with E-state index >= 15 is 0 Å². The molecule has 104 valence electrons. The van der Waals surface area contributed by atoms with Crippen LogP contribution in [0.5, 0.6) is 0 Å². The maximum Gasteiger partial charge on any atom is 0.257 e. The summed E-state index contributed by atoms with van der Waals surface area (Å²) in [7, 11) is 0. The van der Waals surface area contributed by atoms with Gasteiger partial charge < -0.3 is 11.1 Å². The van der Waals surface area contributed by atoms with Gasteiger partial charge >= 0.3 is 0 Å². The highest BCUT2D eigenvalue weighted by atomic mass is 79.9. The molecule has 3 N–H and O–H groups in total. The number of anilines is 2. The lowest BCUT2D eigenvalue weighted by atomic mass is 10.1. The molecule has 0 unspecified atom stereocenters. The Morgan fingerprint density at radius 2 is 1.95 bits per heavy atom. The molecule has 0 radical (unpaired) electrons. The summed E-state index contributed by atoms with van der Waals surface area (Å²) in [4.78, 5) is 12.1. The van der Waals surface area contributed by atoms with Crippen LogP contribution in [0.3, 0.4) is 0 Å². The number of carbonyl (C=O) groups excluding carboxylic acids is 1. The second-order valence-corrected chi connectivity index (χ2v) is 5.01. The molecule has 0 aromatic heterocycles. The zero-order valence-corrected chi connectivity index (χ0v) is 12.1. The van der Waals surface area contributed by atoms with Gasteiger partial charge in [-0.2, -0.15) is 0 Å². The van der Waals surface area contributed by atoms with Crippen molar-refractivity contribution in [2.75, 3.05) is 11.1 Å². The number of aryl methyl sites for hydroxylation is 1. The minimum Gasteiger partial charge on any atom is -0.398 e. The van der Waals surface area contributed by atoms with Gasteiger partial charge in [0.15, 0.2) is 5.82 Å². The number of hydrogen-bond acceptors (Lipinski definition) is 2. The van der Waals surface area contributed by atoms with E-state index in [1.165, 1.54) is 19.1 Å². The SMILES string of the molecule is Cc1ccc(F)c(NC(=O)c2cccc(N)c2Br)c1F. The Hall–Kier alpha value is -1.95. The Bertz CT molecular complexity index is 689.